The number of para-hydroxylation sites is 2. The summed E-state index contributed by atoms with van der Waals surface area (Å²) in [6, 6.07) is 17.1. The Morgan fingerprint density at radius 2 is 1.70 bits per heavy atom. The van der Waals surface area contributed by atoms with Gasteiger partial charge >= 0.3 is 0 Å². The summed E-state index contributed by atoms with van der Waals surface area (Å²) in [4.78, 5) is 14.3. The summed E-state index contributed by atoms with van der Waals surface area (Å²) in [6.07, 6.45) is 0. The maximum Gasteiger partial charge on any atom is 0.182 e. The normalized spacial score (nSPS) is 10.1. The largest absolute Gasteiger partial charge is 0.495 e. The van der Waals surface area contributed by atoms with E-state index in [1.165, 1.54) is 0 Å². The van der Waals surface area contributed by atoms with Gasteiger partial charge in [0, 0.05) is 12.1 Å². The lowest BCUT2D eigenvalue weighted by Gasteiger charge is -2.24. The molecule has 0 aromatic heterocycles. The number of ketones is 1. The highest BCUT2D eigenvalue weighted by atomic mass is 16.5. The van der Waals surface area contributed by atoms with E-state index in [4.69, 9.17) is 4.74 Å². The Hall–Kier alpha value is -2.29. The number of methoxy groups -OCH3 is 1. The molecule has 2 rings (SSSR count). The topological polar surface area (TPSA) is 29.5 Å². The summed E-state index contributed by atoms with van der Waals surface area (Å²) < 4.78 is 5.36. The van der Waals surface area contributed by atoms with E-state index in [2.05, 4.69) is 0 Å². The number of nitrogens with zero attached hydrogens (tertiary/aromatic N) is 1. The van der Waals surface area contributed by atoms with Crippen LogP contribution in [0.5, 0.6) is 5.75 Å². The standard InChI is InChI=1S/C17H19NO2/c1-3-18(15-11-7-8-12-17(15)20-2)13-16(19)14-9-5-4-6-10-14/h4-12H,3,13H2,1-2H3. The van der Waals surface area contributed by atoms with Crippen LogP contribution < -0.4 is 9.64 Å². The van der Waals surface area contributed by atoms with Gasteiger partial charge in [0.25, 0.3) is 0 Å². The molecule has 0 radical (unpaired) electrons. The number of ether oxygens (including phenoxy) is 1. The zero-order valence-electron chi connectivity index (χ0n) is 11.9. The van der Waals surface area contributed by atoms with Crippen molar-refractivity contribution in [2.45, 2.75) is 6.92 Å². The fourth-order valence-electron chi connectivity index (χ4n) is 2.15. The molecule has 0 spiro atoms. The second kappa shape index (κ2) is 6.75. The van der Waals surface area contributed by atoms with E-state index in [0.717, 1.165) is 23.5 Å². The van der Waals surface area contributed by atoms with Crippen LogP contribution in [-0.4, -0.2) is 26.0 Å². The van der Waals surface area contributed by atoms with Crippen LogP contribution in [0.25, 0.3) is 0 Å². The number of benzene rings is 2. The molecule has 104 valence electrons. The predicted molar refractivity (Wildman–Crippen MR) is 81.7 cm³/mol. The number of Topliss-reactive ketones (excluding diaryl/α,β-unsaturated/α-hetero) is 1. The van der Waals surface area contributed by atoms with Crippen LogP contribution in [0.15, 0.2) is 54.6 Å². The van der Waals surface area contributed by atoms with Gasteiger partial charge in [-0.15, -0.1) is 0 Å². The minimum Gasteiger partial charge on any atom is -0.495 e. The van der Waals surface area contributed by atoms with E-state index in [-0.39, 0.29) is 5.78 Å². The van der Waals surface area contributed by atoms with E-state index < -0.39 is 0 Å². The quantitative estimate of drug-likeness (QED) is 0.753. The first-order valence-electron chi connectivity index (χ1n) is 6.72. The Labute approximate surface area is 119 Å². The second-order valence-corrected chi connectivity index (χ2v) is 4.48. The van der Waals surface area contributed by atoms with Crippen LogP contribution in [0.3, 0.4) is 0 Å². The van der Waals surface area contributed by atoms with Gasteiger partial charge in [-0.3, -0.25) is 4.79 Å². The zero-order valence-corrected chi connectivity index (χ0v) is 11.9. The number of rotatable bonds is 6. The Kier molecular flexibility index (Phi) is 4.77. The predicted octanol–water partition coefficient (Wildman–Crippen LogP) is 3.40. The number of hydrogen-bond donors (Lipinski definition) is 0. The fourth-order valence-corrected chi connectivity index (χ4v) is 2.15. The molecule has 3 nitrogen and oxygen atoms in total. The van der Waals surface area contributed by atoms with Crippen LogP contribution in [0, 0.1) is 0 Å². The Bertz CT molecular complexity index is 566. The van der Waals surface area contributed by atoms with Crippen molar-refractivity contribution < 1.29 is 9.53 Å². The molecule has 0 aliphatic carbocycles. The van der Waals surface area contributed by atoms with Crippen molar-refractivity contribution in [3.8, 4) is 5.75 Å². The SMILES string of the molecule is CCN(CC(=O)c1ccccc1)c1ccccc1OC. The van der Waals surface area contributed by atoms with Gasteiger partial charge < -0.3 is 9.64 Å². The third kappa shape index (κ3) is 3.18. The first-order chi connectivity index (χ1) is 9.76. The molecule has 0 saturated heterocycles. The van der Waals surface area contributed by atoms with Crippen LogP contribution in [0.4, 0.5) is 5.69 Å². The van der Waals surface area contributed by atoms with Gasteiger partial charge in [-0.25, -0.2) is 0 Å². The summed E-state index contributed by atoms with van der Waals surface area (Å²) in [5, 5.41) is 0. The first kappa shape index (κ1) is 14.1. The van der Waals surface area contributed by atoms with Crippen molar-refractivity contribution in [2.75, 3.05) is 25.1 Å². The summed E-state index contributed by atoms with van der Waals surface area (Å²) >= 11 is 0. The molecule has 2 aromatic rings. The monoisotopic (exact) mass is 269 g/mol. The van der Waals surface area contributed by atoms with Crippen LogP contribution >= 0.6 is 0 Å². The van der Waals surface area contributed by atoms with Gasteiger partial charge in [-0.1, -0.05) is 42.5 Å². The third-order valence-corrected chi connectivity index (χ3v) is 3.24. The maximum absolute atomic E-state index is 12.3. The Morgan fingerprint density at radius 3 is 2.35 bits per heavy atom. The van der Waals surface area contributed by atoms with E-state index in [0.29, 0.717) is 6.54 Å². The van der Waals surface area contributed by atoms with E-state index >= 15 is 0 Å². The smallest absolute Gasteiger partial charge is 0.182 e. The highest BCUT2D eigenvalue weighted by molar-refractivity contribution is 5.99. The van der Waals surface area contributed by atoms with Gasteiger partial charge in [-0.2, -0.15) is 0 Å². The Morgan fingerprint density at radius 1 is 1.05 bits per heavy atom. The van der Waals surface area contributed by atoms with Gasteiger partial charge in [0.15, 0.2) is 5.78 Å². The number of likely N-dealkylation sites (N-methyl/N-ethyl adjacent to an activating group) is 1. The fraction of sp³-hybridized carbons (Fsp3) is 0.235. The van der Waals surface area contributed by atoms with Crippen LogP contribution in [0.2, 0.25) is 0 Å². The Balaban J connectivity index is 2.19. The van der Waals surface area contributed by atoms with Gasteiger partial charge in [0.05, 0.1) is 19.3 Å². The van der Waals surface area contributed by atoms with Crippen molar-refractivity contribution in [1.82, 2.24) is 0 Å². The molecule has 3 heteroatoms. The summed E-state index contributed by atoms with van der Waals surface area (Å²) in [7, 11) is 1.64. The number of hydrogen-bond acceptors (Lipinski definition) is 3. The molecule has 0 heterocycles. The summed E-state index contributed by atoms with van der Waals surface area (Å²) in [5.74, 6) is 0.897. The average Bonchev–Trinajstić information content (AvgIpc) is 2.53. The number of carbonyl (C=O) groups is 1. The molecule has 0 saturated carbocycles. The first-order valence-corrected chi connectivity index (χ1v) is 6.72. The van der Waals surface area contributed by atoms with Crippen molar-refractivity contribution in [1.29, 1.82) is 0 Å². The summed E-state index contributed by atoms with van der Waals surface area (Å²) in [5.41, 5.74) is 1.68. The molecule has 2 aromatic carbocycles. The molecule has 0 unspecified atom stereocenters. The number of carbonyl (C=O) groups excluding carboxylic acids is 1. The van der Waals surface area contributed by atoms with Gasteiger partial charge in [0.2, 0.25) is 0 Å². The highest BCUT2D eigenvalue weighted by Crippen LogP contribution is 2.27. The van der Waals surface area contributed by atoms with Crippen molar-refractivity contribution in [3.05, 3.63) is 60.2 Å². The molecular weight excluding hydrogens is 250 g/mol. The minimum atomic E-state index is 0.110. The third-order valence-electron chi connectivity index (χ3n) is 3.24. The average molecular weight is 269 g/mol. The lowest BCUT2D eigenvalue weighted by Crippen LogP contribution is -2.29. The van der Waals surface area contributed by atoms with E-state index in [1.807, 2.05) is 66.4 Å². The molecule has 0 atom stereocenters. The molecule has 0 amide bonds. The van der Waals surface area contributed by atoms with E-state index in [1.54, 1.807) is 7.11 Å². The lowest BCUT2D eigenvalue weighted by atomic mass is 10.1. The second-order valence-electron chi connectivity index (χ2n) is 4.48. The number of anilines is 1. The van der Waals surface area contributed by atoms with Crippen molar-refractivity contribution in [2.24, 2.45) is 0 Å². The molecule has 0 bridgehead atoms. The van der Waals surface area contributed by atoms with Gasteiger partial charge in [0.1, 0.15) is 5.75 Å². The van der Waals surface area contributed by atoms with Crippen molar-refractivity contribution in [3.63, 3.8) is 0 Å². The highest BCUT2D eigenvalue weighted by Gasteiger charge is 2.14. The molecule has 20 heavy (non-hydrogen) atoms. The van der Waals surface area contributed by atoms with Gasteiger partial charge in [-0.05, 0) is 19.1 Å². The van der Waals surface area contributed by atoms with Crippen molar-refractivity contribution >= 4 is 11.5 Å². The maximum atomic E-state index is 12.3. The molecule has 0 aliphatic rings. The molecule has 0 N–H and O–H groups in total. The zero-order chi connectivity index (χ0) is 14.4. The lowest BCUT2D eigenvalue weighted by molar-refractivity contribution is 0.0999. The molecule has 0 aliphatic heterocycles. The van der Waals surface area contributed by atoms with E-state index in [9.17, 15) is 4.79 Å². The molecule has 0 fully saturated rings. The minimum absolute atomic E-state index is 0.110. The van der Waals surface area contributed by atoms with Crippen LogP contribution in [0.1, 0.15) is 17.3 Å². The summed E-state index contributed by atoms with van der Waals surface area (Å²) in [6.45, 7) is 3.13. The van der Waals surface area contributed by atoms with Crippen LogP contribution in [-0.2, 0) is 0 Å². The molecular formula is C17H19NO2.